The van der Waals surface area contributed by atoms with Gasteiger partial charge in [-0.3, -0.25) is 14.9 Å². The van der Waals surface area contributed by atoms with Gasteiger partial charge in [-0.1, -0.05) is 12.1 Å². The van der Waals surface area contributed by atoms with Gasteiger partial charge >= 0.3 is 5.69 Å². The maximum atomic E-state index is 11.6. The van der Waals surface area contributed by atoms with Gasteiger partial charge in [0.2, 0.25) is 5.69 Å². The van der Waals surface area contributed by atoms with Gasteiger partial charge in [0, 0.05) is 7.05 Å². The molecule has 2 N–H and O–H groups in total. The van der Waals surface area contributed by atoms with E-state index in [-0.39, 0.29) is 18.0 Å². The first-order chi connectivity index (χ1) is 9.56. The van der Waals surface area contributed by atoms with Gasteiger partial charge < -0.3 is 10.4 Å². The quantitative estimate of drug-likeness (QED) is 0.628. The third kappa shape index (κ3) is 2.50. The normalized spacial score (nSPS) is 10.3. The van der Waals surface area contributed by atoms with E-state index in [9.17, 15) is 14.9 Å². The number of amides is 1. The molecule has 0 saturated carbocycles. The third-order valence-electron chi connectivity index (χ3n) is 2.72. The molecule has 0 radical (unpaired) electrons. The first-order valence-corrected chi connectivity index (χ1v) is 5.73. The van der Waals surface area contributed by atoms with Crippen LogP contribution in [-0.4, -0.2) is 32.8 Å². The third-order valence-corrected chi connectivity index (χ3v) is 2.72. The highest BCUT2D eigenvalue weighted by Gasteiger charge is 2.25. The van der Waals surface area contributed by atoms with Crippen LogP contribution in [0, 0.1) is 10.1 Å². The highest BCUT2D eigenvalue weighted by atomic mass is 16.6. The Bertz CT molecular complexity index is 648. The van der Waals surface area contributed by atoms with Crippen molar-refractivity contribution >= 4 is 11.6 Å². The fourth-order valence-electron chi connectivity index (χ4n) is 1.66. The van der Waals surface area contributed by atoms with E-state index in [0.717, 1.165) is 0 Å². The molecule has 1 amide bonds. The molecule has 104 valence electrons. The minimum atomic E-state index is -0.657. The molecule has 0 saturated heterocycles. The van der Waals surface area contributed by atoms with Crippen molar-refractivity contribution in [3.8, 4) is 5.69 Å². The largest absolute Gasteiger partial charge is 0.392 e. The Morgan fingerprint density at radius 1 is 1.45 bits per heavy atom. The second-order valence-electron chi connectivity index (χ2n) is 3.97. The molecule has 2 aromatic rings. The van der Waals surface area contributed by atoms with Crippen LogP contribution >= 0.6 is 0 Å². The number of nitrogens with zero attached hydrogens (tertiary/aromatic N) is 3. The van der Waals surface area contributed by atoms with E-state index in [0.29, 0.717) is 11.3 Å². The lowest BCUT2D eigenvalue weighted by Crippen LogP contribution is -2.19. The van der Waals surface area contributed by atoms with Gasteiger partial charge in [-0.15, -0.1) is 0 Å². The average molecular weight is 276 g/mol. The highest BCUT2D eigenvalue weighted by molar-refractivity contribution is 5.95. The summed E-state index contributed by atoms with van der Waals surface area (Å²) in [6.45, 7) is -0.0942. The molecule has 8 heteroatoms. The number of aromatic nitrogens is 2. The van der Waals surface area contributed by atoms with Crippen LogP contribution in [0.1, 0.15) is 16.1 Å². The maximum absolute atomic E-state index is 11.6. The number of nitro groups is 1. The fraction of sp³-hybridized carbons (Fsp3) is 0.167. The number of hydrogen-bond donors (Lipinski definition) is 2. The van der Waals surface area contributed by atoms with E-state index in [1.54, 1.807) is 24.3 Å². The van der Waals surface area contributed by atoms with Crippen molar-refractivity contribution in [2.24, 2.45) is 0 Å². The summed E-state index contributed by atoms with van der Waals surface area (Å²) in [5.74, 6) is -0.623. The summed E-state index contributed by atoms with van der Waals surface area (Å²) in [7, 11) is 1.38. The Kier molecular flexibility index (Phi) is 3.76. The van der Waals surface area contributed by atoms with Crippen LogP contribution in [0.3, 0.4) is 0 Å². The number of benzene rings is 1. The van der Waals surface area contributed by atoms with Gasteiger partial charge in [0.1, 0.15) is 6.20 Å². The summed E-state index contributed by atoms with van der Waals surface area (Å²) in [4.78, 5) is 21.8. The predicted octanol–water partition coefficient (Wildman–Crippen LogP) is 0.632. The highest BCUT2D eigenvalue weighted by Crippen LogP contribution is 2.19. The van der Waals surface area contributed by atoms with Gasteiger partial charge in [-0.05, 0) is 17.7 Å². The van der Waals surface area contributed by atoms with Gasteiger partial charge in [0.25, 0.3) is 5.91 Å². The molecule has 0 bridgehead atoms. The summed E-state index contributed by atoms with van der Waals surface area (Å²) in [5.41, 5.74) is 0.654. The zero-order valence-corrected chi connectivity index (χ0v) is 10.6. The van der Waals surface area contributed by atoms with Gasteiger partial charge in [-0.2, -0.15) is 5.10 Å². The lowest BCUT2D eigenvalue weighted by molar-refractivity contribution is -0.385. The summed E-state index contributed by atoms with van der Waals surface area (Å²) in [6, 6.07) is 6.64. The van der Waals surface area contributed by atoms with E-state index in [1.807, 2.05) is 0 Å². The molecule has 1 aromatic heterocycles. The first-order valence-electron chi connectivity index (χ1n) is 5.73. The number of carbonyl (C=O) groups is 1. The van der Waals surface area contributed by atoms with Crippen molar-refractivity contribution in [3.05, 3.63) is 51.8 Å². The Morgan fingerprint density at radius 3 is 2.60 bits per heavy atom. The summed E-state index contributed by atoms with van der Waals surface area (Å²) in [5, 5.41) is 26.1. The van der Waals surface area contributed by atoms with E-state index < -0.39 is 10.8 Å². The Balaban J connectivity index is 2.46. The zero-order valence-electron chi connectivity index (χ0n) is 10.6. The molecule has 1 heterocycles. The molecule has 20 heavy (non-hydrogen) atoms. The van der Waals surface area contributed by atoms with E-state index in [1.165, 1.54) is 17.9 Å². The molecule has 8 nitrogen and oxygen atoms in total. The van der Waals surface area contributed by atoms with Gasteiger partial charge in [0.05, 0.1) is 17.2 Å². The second kappa shape index (κ2) is 5.49. The second-order valence-corrected chi connectivity index (χ2v) is 3.97. The smallest absolute Gasteiger partial charge is 0.320 e. The molecule has 0 aliphatic rings. The van der Waals surface area contributed by atoms with Crippen LogP contribution in [0.4, 0.5) is 5.69 Å². The molecule has 0 aliphatic heterocycles. The number of aliphatic hydroxyl groups is 1. The van der Waals surface area contributed by atoms with E-state index in [4.69, 9.17) is 5.11 Å². The lowest BCUT2D eigenvalue weighted by Gasteiger charge is -2.01. The number of aliphatic hydroxyl groups excluding tert-OH is 1. The van der Waals surface area contributed by atoms with Crippen LogP contribution < -0.4 is 5.32 Å². The lowest BCUT2D eigenvalue weighted by atomic mass is 10.2. The number of hydrogen-bond acceptors (Lipinski definition) is 5. The van der Waals surface area contributed by atoms with Crippen molar-refractivity contribution in [1.82, 2.24) is 15.1 Å². The zero-order chi connectivity index (χ0) is 14.7. The Labute approximate surface area is 113 Å². The average Bonchev–Trinajstić information content (AvgIpc) is 2.92. The minimum Gasteiger partial charge on any atom is -0.392 e. The molecule has 0 fully saturated rings. The summed E-state index contributed by atoms with van der Waals surface area (Å²) in [6.07, 6.45) is 1.18. The number of carbonyl (C=O) groups excluding carboxylic acids is 1. The fourth-order valence-corrected chi connectivity index (χ4v) is 1.66. The molecular formula is C12H12N4O4. The van der Waals surface area contributed by atoms with Crippen molar-refractivity contribution < 1.29 is 14.8 Å². The van der Waals surface area contributed by atoms with Crippen LogP contribution in [0.25, 0.3) is 5.69 Å². The minimum absolute atomic E-state index is 0.0942. The van der Waals surface area contributed by atoms with Crippen molar-refractivity contribution in [2.45, 2.75) is 6.61 Å². The van der Waals surface area contributed by atoms with Crippen LogP contribution in [0.15, 0.2) is 30.5 Å². The molecule has 0 atom stereocenters. The Morgan fingerprint density at radius 2 is 2.10 bits per heavy atom. The molecule has 1 aromatic carbocycles. The van der Waals surface area contributed by atoms with Crippen LogP contribution in [0.5, 0.6) is 0 Å². The maximum Gasteiger partial charge on any atom is 0.320 e. The van der Waals surface area contributed by atoms with Crippen molar-refractivity contribution in [3.63, 3.8) is 0 Å². The van der Waals surface area contributed by atoms with Crippen LogP contribution in [0.2, 0.25) is 0 Å². The predicted molar refractivity (Wildman–Crippen MR) is 69.5 cm³/mol. The van der Waals surface area contributed by atoms with Gasteiger partial charge in [-0.25, -0.2) is 4.68 Å². The Hall–Kier alpha value is -2.74. The molecule has 0 aliphatic carbocycles. The molecule has 0 spiro atoms. The number of nitrogens with one attached hydrogen (secondary N) is 1. The van der Waals surface area contributed by atoms with Gasteiger partial charge in [0.15, 0.2) is 0 Å². The SMILES string of the molecule is CNC(=O)c1nn(-c2ccc(CO)cc2)cc1[N+](=O)[O-]. The van der Waals surface area contributed by atoms with Crippen molar-refractivity contribution in [2.75, 3.05) is 7.05 Å². The molecular weight excluding hydrogens is 264 g/mol. The van der Waals surface area contributed by atoms with E-state index in [2.05, 4.69) is 10.4 Å². The first kappa shape index (κ1) is 13.7. The van der Waals surface area contributed by atoms with Crippen molar-refractivity contribution in [1.29, 1.82) is 0 Å². The summed E-state index contributed by atoms with van der Waals surface area (Å²) >= 11 is 0. The standard InChI is InChI=1S/C12H12N4O4/c1-13-12(18)11-10(16(19)20)6-15(14-11)9-4-2-8(7-17)3-5-9/h2-6,17H,7H2,1H3,(H,13,18). The van der Waals surface area contributed by atoms with Crippen LogP contribution in [-0.2, 0) is 6.61 Å². The molecule has 2 rings (SSSR count). The molecule has 0 unspecified atom stereocenters. The number of rotatable bonds is 4. The summed E-state index contributed by atoms with van der Waals surface area (Å²) < 4.78 is 1.25. The topological polar surface area (TPSA) is 110 Å². The monoisotopic (exact) mass is 276 g/mol. The van der Waals surface area contributed by atoms with E-state index >= 15 is 0 Å².